The molecular formula is C29H31IN2O5S. The fourth-order valence-electron chi connectivity index (χ4n) is 4.29. The van der Waals surface area contributed by atoms with Crippen molar-refractivity contribution >= 4 is 46.0 Å². The van der Waals surface area contributed by atoms with Crippen molar-refractivity contribution in [2.24, 2.45) is 4.99 Å². The summed E-state index contributed by atoms with van der Waals surface area (Å²) in [5.41, 5.74) is 3.44. The third-order valence-electron chi connectivity index (χ3n) is 5.99. The van der Waals surface area contributed by atoms with Crippen molar-refractivity contribution in [3.8, 4) is 11.5 Å². The Morgan fingerprint density at radius 2 is 1.84 bits per heavy atom. The van der Waals surface area contributed by atoms with Gasteiger partial charge < -0.3 is 14.2 Å². The molecule has 1 atom stereocenters. The molecule has 0 unspecified atom stereocenters. The molecule has 0 radical (unpaired) electrons. The smallest absolute Gasteiger partial charge is 0.338 e. The van der Waals surface area contributed by atoms with Crippen LogP contribution in [0.15, 0.2) is 57.5 Å². The maximum atomic E-state index is 13.9. The molecule has 2 heterocycles. The van der Waals surface area contributed by atoms with Crippen LogP contribution in [0.3, 0.4) is 0 Å². The highest BCUT2D eigenvalue weighted by Crippen LogP contribution is 2.35. The predicted molar refractivity (Wildman–Crippen MR) is 158 cm³/mol. The number of hydrogen-bond acceptors (Lipinski definition) is 7. The number of rotatable bonds is 9. The minimum absolute atomic E-state index is 0.215. The van der Waals surface area contributed by atoms with Crippen molar-refractivity contribution in [3.05, 3.63) is 87.6 Å². The number of benzene rings is 2. The van der Waals surface area contributed by atoms with Gasteiger partial charge in [-0.05, 0) is 86.0 Å². The van der Waals surface area contributed by atoms with Crippen molar-refractivity contribution in [2.45, 2.75) is 47.1 Å². The second kappa shape index (κ2) is 12.3. The number of carbonyl (C=O) groups excluding carboxylic acids is 1. The Hall–Kier alpha value is -2.92. The van der Waals surface area contributed by atoms with Gasteiger partial charge >= 0.3 is 5.97 Å². The van der Waals surface area contributed by atoms with Crippen molar-refractivity contribution in [2.75, 3.05) is 19.8 Å². The van der Waals surface area contributed by atoms with Gasteiger partial charge in [-0.3, -0.25) is 9.36 Å². The van der Waals surface area contributed by atoms with Crippen molar-refractivity contribution in [1.29, 1.82) is 0 Å². The van der Waals surface area contributed by atoms with E-state index in [1.54, 1.807) is 18.4 Å². The zero-order chi connectivity index (χ0) is 27.4. The molecular weight excluding hydrogens is 615 g/mol. The van der Waals surface area contributed by atoms with Gasteiger partial charge in [0, 0.05) is 0 Å². The third kappa shape index (κ3) is 5.73. The number of carbonyl (C=O) groups is 1. The van der Waals surface area contributed by atoms with Crippen LogP contribution in [-0.2, 0) is 9.53 Å². The molecule has 2 aromatic carbocycles. The Morgan fingerprint density at radius 1 is 1.11 bits per heavy atom. The number of aryl methyl sites for hydroxylation is 1. The summed E-state index contributed by atoms with van der Waals surface area (Å²) in [6.45, 7) is 10.9. The first-order valence-corrected chi connectivity index (χ1v) is 14.5. The standard InChI is InChI=1S/C29H31IN2O5S/c1-6-13-37-26-21(30)14-19(15-22(26)35-7-2)16-23-27(33)32-25(20-11-9-17(4)10-12-20)24(28(34)36-8-3)18(5)31-29(32)38-23/h9-12,14-16,25H,6-8,13H2,1-5H3/b23-16+/t25-/m1/s1. The third-order valence-corrected chi connectivity index (χ3v) is 7.77. The summed E-state index contributed by atoms with van der Waals surface area (Å²) in [4.78, 5) is 32.1. The van der Waals surface area contributed by atoms with Gasteiger partial charge in [-0.2, -0.15) is 0 Å². The summed E-state index contributed by atoms with van der Waals surface area (Å²) in [6.07, 6.45) is 2.73. The molecule has 0 spiro atoms. The van der Waals surface area contributed by atoms with Crippen LogP contribution < -0.4 is 24.4 Å². The fourth-order valence-corrected chi connectivity index (χ4v) is 6.11. The maximum absolute atomic E-state index is 13.9. The second-order valence-electron chi connectivity index (χ2n) is 8.82. The van der Waals surface area contributed by atoms with Gasteiger partial charge in [0.2, 0.25) is 0 Å². The number of hydrogen-bond donors (Lipinski definition) is 0. The summed E-state index contributed by atoms with van der Waals surface area (Å²) in [5, 5.41) is 0. The second-order valence-corrected chi connectivity index (χ2v) is 11.0. The molecule has 0 bridgehead atoms. The lowest BCUT2D eigenvalue weighted by atomic mass is 9.95. The fraction of sp³-hybridized carbons (Fsp3) is 0.345. The van der Waals surface area contributed by atoms with E-state index in [1.165, 1.54) is 11.3 Å². The molecule has 38 heavy (non-hydrogen) atoms. The summed E-state index contributed by atoms with van der Waals surface area (Å²) >= 11 is 3.53. The van der Waals surface area contributed by atoms with Gasteiger partial charge in [-0.25, -0.2) is 9.79 Å². The molecule has 1 aliphatic rings. The molecule has 0 aliphatic carbocycles. The van der Waals surface area contributed by atoms with E-state index in [-0.39, 0.29) is 12.2 Å². The Kier molecular flexibility index (Phi) is 9.09. The lowest BCUT2D eigenvalue weighted by Gasteiger charge is -2.24. The number of ether oxygens (including phenoxy) is 3. The minimum Gasteiger partial charge on any atom is -0.490 e. The topological polar surface area (TPSA) is 79.1 Å². The largest absolute Gasteiger partial charge is 0.490 e. The predicted octanol–water partition coefficient (Wildman–Crippen LogP) is 4.90. The Morgan fingerprint density at radius 3 is 2.50 bits per heavy atom. The van der Waals surface area contributed by atoms with E-state index in [0.717, 1.165) is 26.7 Å². The van der Waals surface area contributed by atoms with Crippen LogP contribution in [0.2, 0.25) is 0 Å². The van der Waals surface area contributed by atoms with Gasteiger partial charge in [-0.15, -0.1) is 0 Å². The van der Waals surface area contributed by atoms with Gasteiger partial charge in [0.25, 0.3) is 5.56 Å². The van der Waals surface area contributed by atoms with E-state index < -0.39 is 12.0 Å². The molecule has 0 fully saturated rings. The van der Waals surface area contributed by atoms with Crippen LogP contribution >= 0.6 is 33.9 Å². The minimum atomic E-state index is -0.628. The highest BCUT2D eigenvalue weighted by atomic mass is 127. The highest BCUT2D eigenvalue weighted by Gasteiger charge is 2.33. The zero-order valence-corrected chi connectivity index (χ0v) is 25.1. The van der Waals surface area contributed by atoms with Crippen LogP contribution in [0, 0.1) is 10.5 Å². The first-order valence-electron chi connectivity index (χ1n) is 12.6. The van der Waals surface area contributed by atoms with Crippen LogP contribution in [0.4, 0.5) is 0 Å². The number of thiazole rings is 1. The Labute approximate surface area is 239 Å². The maximum Gasteiger partial charge on any atom is 0.338 e. The SMILES string of the molecule is CCCOc1c(I)cc(/C=c2/sc3n(c2=O)[C@H](c2ccc(C)cc2)C(C(=O)OCC)=C(C)N=3)cc1OCC. The molecule has 7 nitrogen and oxygen atoms in total. The monoisotopic (exact) mass is 646 g/mol. The van der Waals surface area contributed by atoms with Crippen molar-refractivity contribution in [1.82, 2.24) is 4.57 Å². The Bertz CT molecular complexity index is 1550. The van der Waals surface area contributed by atoms with E-state index >= 15 is 0 Å². The zero-order valence-electron chi connectivity index (χ0n) is 22.2. The molecule has 0 saturated carbocycles. The Balaban J connectivity index is 1.89. The number of nitrogens with zero attached hydrogens (tertiary/aromatic N) is 2. The summed E-state index contributed by atoms with van der Waals surface area (Å²) in [7, 11) is 0. The van der Waals surface area contributed by atoms with Crippen LogP contribution in [0.25, 0.3) is 6.08 Å². The van der Waals surface area contributed by atoms with Gasteiger partial charge in [-0.1, -0.05) is 48.1 Å². The molecule has 4 rings (SSSR count). The molecule has 0 amide bonds. The number of esters is 1. The molecule has 1 aromatic heterocycles. The first-order chi connectivity index (χ1) is 18.3. The van der Waals surface area contributed by atoms with Crippen molar-refractivity contribution in [3.63, 3.8) is 0 Å². The van der Waals surface area contributed by atoms with Gasteiger partial charge in [0.05, 0.1) is 45.2 Å². The first kappa shape index (κ1) is 28.1. The number of aromatic nitrogens is 1. The molecule has 0 N–H and O–H groups in total. The van der Waals surface area contributed by atoms with Gasteiger partial charge in [0.15, 0.2) is 16.3 Å². The average molecular weight is 647 g/mol. The van der Waals surface area contributed by atoms with E-state index in [4.69, 9.17) is 14.2 Å². The molecule has 9 heteroatoms. The normalized spacial score (nSPS) is 15.2. The molecule has 3 aromatic rings. The lowest BCUT2D eigenvalue weighted by molar-refractivity contribution is -0.139. The van der Waals surface area contributed by atoms with Crippen LogP contribution in [0.1, 0.15) is 56.8 Å². The molecule has 200 valence electrons. The van der Waals surface area contributed by atoms with Crippen molar-refractivity contribution < 1.29 is 19.0 Å². The van der Waals surface area contributed by atoms with E-state index in [0.29, 0.717) is 45.3 Å². The lowest BCUT2D eigenvalue weighted by Crippen LogP contribution is -2.39. The highest BCUT2D eigenvalue weighted by molar-refractivity contribution is 14.1. The summed E-state index contributed by atoms with van der Waals surface area (Å²) in [6, 6.07) is 11.1. The molecule has 1 aliphatic heterocycles. The van der Waals surface area contributed by atoms with E-state index in [1.807, 2.05) is 56.3 Å². The quantitative estimate of drug-likeness (QED) is 0.244. The summed E-state index contributed by atoms with van der Waals surface area (Å²) in [5.74, 6) is 0.888. The average Bonchev–Trinajstić information content (AvgIpc) is 3.17. The van der Waals surface area contributed by atoms with E-state index in [2.05, 4.69) is 34.5 Å². The number of allylic oxidation sites excluding steroid dienone is 1. The molecule has 0 saturated heterocycles. The number of halogens is 1. The van der Waals surface area contributed by atoms with Crippen LogP contribution in [-0.4, -0.2) is 30.4 Å². The number of fused-ring (bicyclic) bond motifs is 1. The van der Waals surface area contributed by atoms with Crippen LogP contribution in [0.5, 0.6) is 11.5 Å². The van der Waals surface area contributed by atoms with Gasteiger partial charge in [0.1, 0.15) is 0 Å². The van der Waals surface area contributed by atoms with E-state index in [9.17, 15) is 9.59 Å². The summed E-state index contributed by atoms with van der Waals surface area (Å²) < 4.78 is 20.2.